The van der Waals surface area contributed by atoms with E-state index >= 15 is 0 Å². The summed E-state index contributed by atoms with van der Waals surface area (Å²) in [4.78, 5) is 0. The van der Waals surface area contributed by atoms with E-state index in [4.69, 9.17) is 0 Å². The Morgan fingerprint density at radius 1 is 1.18 bits per heavy atom. The van der Waals surface area contributed by atoms with Crippen molar-refractivity contribution in [3.8, 4) is 0 Å². The lowest BCUT2D eigenvalue weighted by molar-refractivity contribution is -0.110. The first kappa shape index (κ1) is 7.60. The van der Waals surface area contributed by atoms with Gasteiger partial charge in [0.05, 0.1) is 0 Å². The van der Waals surface area contributed by atoms with Crippen LogP contribution in [0.2, 0.25) is 0 Å². The van der Waals surface area contributed by atoms with Gasteiger partial charge in [0.1, 0.15) is 0 Å². The van der Waals surface area contributed by atoms with Crippen molar-refractivity contribution < 1.29 is 0 Å². The Kier molecular flexibility index (Phi) is 1.26. The third-order valence-electron chi connectivity index (χ3n) is 4.56. The second-order valence-electron chi connectivity index (χ2n) is 5.10. The van der Waals surface area contributed by atoms with Crippen molar-refractivity contribution in [1.82, 2.24) is 5.32 Å². The van der Waals surface area contributed by atoms with Crippen LogP contribution in [0, 0.1) is 11.3 Å². The molecule has 2 saturated heterocycles. The van der Waals surface area contributed by atoms with Crippen molar-refractivity contribution in [2.75, 3.05) is 0 Å². The van der Waals surface area contributed by atoms with Gasteiger partial charge in [-0.2, -0.15) is 0 Å². The highest BCUT2D eigenvalue weighted by Crippen LogP contribution is 2.54. The topological polar surface area (TPSA) is 12.0 Å². The molecule has 2 bridgehead atoms. The van der Waals surface area contributed by atoms with Crippen LogP contribution in [0.3, 0.4) is 0 Å². The summed E-state index contributed by atoms with van der Waals surface area (Å²) in [5.41, 5.74) is 0.959. The van der Waals surface area contributed by atoms with E-state index in [0.717, 1.165) is 12.0 Å². The van der Waals surface area contributed by atoms with Crippen LogP contribution in [0.4, 0.5) is 0 Å². The highest BCUT2D eigenvalue weighted by atomic mass is 15.2. The Balaban J connectivity index is 2.28. The lowest BCUT2D eigenvalue weighted by Crippen LogP contribution is -2.80. The molecular weight excluding hydrogens is 134 g/mol. The third-order valence-corrected chi connectivity index (χ3v) is 4.56. The molecule has 3 fully saturated rings. The van der Waals surface area contributed by atoms with Gasteiger partial charge in [-0.05, 0) is 31.1 Å². The van der Waals surface area contributed by atoms with Gasteiger partial charge in [0, 0.05) is 11.6 Å². The molecule has 0 aromatic carbocycles. The van der Waals surface area contributed by atoms with Crippen LogP contribution in [-0.4, -0.2) is 11.6 Å². The molecule has 0 spiro atoms. The van der Waals surface area contributed by atoms with E-state index in [1.165, 1.54) is 12.8 Å². The summed E-state index contributed by atoms with van der Waals surface area (Å²) in [6.45, 7) is 9.57. The molecule has 1 nitrogen and oxygen atoms in total. The van der Waals surface area contributed by atoms with Gasteiger partial charge in [0.15, 0.2) is 0 Å². The molecule has 1 heteroatoms. The molecule has 1 aliphatic carbocycles. The zero-order chi connectivity index (χ0) is 8.28. The van der Waals surface area contributed by atoms with Crippen LogP contribution in [0.15, 0.2) is 0 Å². The number of fused-ring (bicyclic) bond motifs is 2. The zero-order valence-corrected chi connectivity index (χ0v) is 8.07. The number of hydrogen-bond donors (Lipinski definition) is 1. The molecule has 1 saturated carbocycles. The maximum Gasteiger partial charge on any atom is 0.0247 e. The summed E-state index contributed by atoms with van der Waals surface area (Å²) in [5, 5.41) is 3.70. The third kappa shape index (κ3) is 0.658. The standard InChI is InChI=1S/C10H19N/c1-7-5-6-8-9(2,3)10(7,4)11-8/h7-8,11H,5-6H2,1-4H3. The summed E-state index contributed by atoms with van der Waals surface area (Å²) >= 11 is 0. The first-order valence-electron chi connectivity index (χ1n) is 4.76. The molecule has 64 valence electrons. The molecule has 2 heterocycles. The minimum atomic E-state index is 0.427. The molecular formula is C10H19N. The largest absolute Gasteiger partial charge is 0.307 e. The highest BCUT2D eigenvalue weighted by Gasteiger charge is 2.61. The van der Waals surface area contributed by atoms with Crippen molar-refractivity contribution in [1.29, 1.82) is 0 Å². The van der Waals surface area contributed by atoms with E-state index in [9.17, 15) is 0 Å². The van der Waals surface area contributed by atoms with Crippen LogP contribution in [0.25, 0.3) is 0 Å². The van der Waals surface area contributed by atoms with Gasteiger partial charge in [-0.1, -0.05) is 20.8 Å². The second kappa shape index (κ2) is 1.82. The quantitative estimate of drug-likeness (QED) is 0.562. The lowest BCUT2D eigenvalue weighted by Gasteiger charge is -2.68. The molecule has 3 aliphatic rings. The monoisotopic (exact) mass is 153 g/mol. The predicted octanol–water partition coefficient (Wildman–Crippen LogP) is 2.17. The van der Waals surface area contributed by atoms with E-state index in [0.29, 0.717) is 11.0 Å². The average Bonchev–Trinajstić information content (AvgIpc) is 1.94. The Morgan fingerprint density at radius 3 is 2.18 bits per heavy atom. The van der Waals surface area contributed by atoms with E-state index in [2.05, 4.69) is 33.0 Å². The van der Waals surface area contributed by atoms with Crippen molar-refractivity contribution in [3.63, 3.8) is 0 Å². The Hall–Kier alpha value is -0.0400. The number of nitrogens with one attached hydrogen (secondary N) is 1. The summed E-state index contributed by atoms with van der Waals surface area (Å²) in [6.07, 6.45) is 2.79. The van der Waals surface area contributed by atoms with Crippen LogP contribution in [0.5, 0.6) is 0 Å². The van der Waals surface area contributed by atoms with Gasteiger partial charge in [-0.15, -0.1) is 0 Å². The van der Waals surface area contributed by atoms with Crippen LogP contribution in [0.1, 0.15) is 40.5 Å². The van der Waals surface area contributed by atoms with E-state index in [1.54, 1.807) is 0 Å². The number of hydrogen-bond acceptors (Lipinski definition) is 1. The van der Waals surface area contributed by atoms with Gasteiger partial charge < -0.3 is 5.32 Å². The predicted molar refractivity (Wildman–Crippen MR) is 47.5 cm³/mol. The molecule has 0 aromatic heterocycles. The van der Waals surface area contributed by atoms with E-state index < -0.39 is 0 Å². The van der Waals surface area contributed by atoms with Gasteiger partial charge in [0.2, 0.25) is 0 Å². The van der Waals surface area contributed by atoms with Gasteiger partial charge in [-0.25, -0.2) is 0 Å². The average molecular weight is 153 g/mol. The van der Waals surface area contributed by atoms with Crippen LogP contribution in [-0.2, 0) is 0 Å². The lowest BCUT2D eigenvalue weighted by atomic mass is 9.50. The van der Waals surface area contributed by atoms with E-state index in [1.807, 2.05) is 0 Å². The first-order chi connectivity index (χ1) is 4.98. The summed E-state index contributed by atoms with van der Waals surface area (Å²) in [5.74, 6) is 0.850. The summed E-state index contributed by atoms with van der Waals surface area (Å²) in [7, 11) is 0. The fourth-order valence-electron chi connectivity index (χ4n) is 2.93. The SMILES string of the molecule is CC1CCC2NC1(C)C2(C)C. The molecule has 0 aromatic rings. The Morgan fingerprint density at radius 2 is 1.82 bits per heavy atom. The van der Waals surface area contributed by atoms with E-state index in [-0.39, 0.29) is 0 Å². The molecule has 1 N–H and O–H groups in total. The van der Waals surface area contributed by atoms with Crippen LogP contribution < -0.4 is 5.32 Å². The maximum atomic E-state index is 3.70. The number of rotatable bonds is 0. The Labute approximate surface area is 69.6 Å². The van der Waals surface area contributed by atoms with Crippen molar-refractivity contribution in [2.24, 2.45) is 11.3 Å². The summed E-state index contributed by atoms with van der Waals surface area (Å²) in [6, 6.07) is 0.795. The zero-order valence-electron chi connectivity index (χ0n) is 8.07. The van der Waals surface area contributed by atoms with Gasteiger partial charge in [0.25, 0.3) is 0 Å². The first-order valence-corrected chi connectivity index (χ1v) is 4.76. The second-order valence-corrected chi connectivity index (χ2v) is 5.10. The minimum Gasteiger partial charge on any atom is -0.307 e. The van der Waals surface area contributed by atoms with Crippen molar-refractivity contribution >= 4 is 0 Å². The molecule has 0 amide bonds. The van der Waals surface area contributed by atoms with Crippen molar-refractivity contribution in [3.05, 3.63) is 0 Å². The normalized spacial score (nSPS) is 53.5. The number of piperidine rings is 1. The summed E-state index contributed by atoms with van der Waals surface area (Å²) < 4.78 is 0. The molecule has 2 aliphatic heterocycles. The Bertz CT molecular complexity index is 185. The minimum absolute atomic E-state index is 0.427. The molecule has 3 rings (SSSR count). The molecule has 3 atom stereocenters. The maximum absolute atomic E-state index is 3.70. The molecule has 3 unspecified atom stereocenters. The van der Waals surface area contributed by atoms with Gasteiger partial charge >= 0.3 is 0 Å². The highest BCUT2D eigenvalue weighted by molar-refractivity contribution is 5.18. The fourth-order valence-corrected chi connectivity index (χ4v) is 2.93. The fraction of sp³-hybridized carbons (Fsp3) is 1.00. The van der Waals surface area contributed by atoms with Gasteiger partial charge in [-0.3, -0.25) is 0 Å². The van der Waals surface area contributed by atoms with Crippen LogP contribution >= 0.6 is 0 Å². The van der Waals surface area contributed by atoms with Crippen molar-refractivity contribution in [2.45, 2.75) is 52.1 Å². The molecule has 11 heavy (non-hydrogen) atoms. The molecule has 0 radical (unpaired) electrons. The smallest absolute Gasteiger partial charge is 0.0247 e.